The van der Waals surface area contributed by atoms with Gasteiger partial charge in [-0.2, -0.15) is 0 Å². The molecule has 0 aliphatic heterocycles. The molecule has 5 heteroatoms. The van der Waals surface area contributed by atoms with E-state index in [0.29, 0.717) is 11.4 Å². The van der Waals surface area contributed by atoms with E-state index in [-0.39, 0.29) is 17.7 Å². The molecule has 5 nitrogen and oxygen atoms in total. The minimum absolute atomic E-state index is 0.0959. The first kappa shape index (κ1) is 13.1. The summed E-state index contributed by atoms with van der Waals surface area (Å²) in [5.41, 5.74) is 8.10. The molecule has 0 saturated heterocycles. The van der Waals surface area contributed by atoms with Crippen molar-refractivity contribution in [2.24, 2.45) is 0 Å². The van der Waals surface area contributed by atoms with Gasteiger partial charge >= 0.3 is 0 Å². The average Bonchev–Trinajstić information content (AvgIpc) is 2.83. The van der Waals surface area contributed by atoms with Crippen LogP contribution in [-0.4, -0.2) is 23.0 Å². The summed E-state index contributed by atoms with van der Waals surface area (Å²) in [6.07, 6.45) is 0. The van der Waals surface area contributed by atoms with Gasteiger partial charge in [0.25, 0.3) is 5.91 Å². The van der Waals surface area contributed by atoms with Gasteiger partial charge in [-0.05, 0) is 31.5 Å². The van der Waals surface area contributed by atoms with Crippen molar-refractivity contribution < 1.29 is 9.32 Å². The molecule has 2 aromatic rings. The molecule has 1 unspecified atom stereocenters. The molecule has 0 fully saturated rings. The van der Waals surface area contributed by atoms with E-state index in [9.17, 15) is 4.79 Å². The highest BCUT2D eigenvalue weighted by Gasteiger charge is 2.22. The minimum atomic E-state index is -0.199. The highest BCUT2D eigenvalue weighted by molar-refractivity contribution is 5.91. The predicted octanol–water partition coefficient (Wildman–Crippen LogP) is 2.40. The van der Waals surface area contributed by atoms with Crippen molar-refractivity contribution >= 4 is 11.6 Å². The molecule has 0 bridgehead atoms. The smallest absolute Gasteiger partial charge is 0.292 e. The Morgan fingerprint density at radius 3 is 2.74 bits per heavy atom. The molecule has 0 aliphatic carbocycles. The molecular weight excluding hydrogens is 242 g/mol. The first-order chi connectivity index (χ1) is 8.99. The maximum Gasteiger partial charge on any atom is 0.292 e. The van der Waals surface area contributed by atoms with Crippen LogP contribution < -0.4 is 5.73 Å². The lowest BCUT2D eigenvalue weighted by Crippen LogP contribution is -2.29. The van der Waals surface area contributed by atoms with Crippen LogP contribution in [0.5, 0.6) is 0 Å². The minimum Gasteiger partial charge on any atom is -0.399 e. The fraction of sp³-hybridized carbons (Fsp3) is 0.286. The summed E-state index contributed by atoms with van der Waals surface area (Å²) in [5, 5.41) is 3.72. The van der Waals surface area contributed by atoms with Crippen LogP contribution in [0.3, 0.4) is 0 Å². The number of aryl methyl sites for hydroxylation is 1. The molecule has 0 aliphatic rings. The molecule has 1 aromatic heterocycles. The van der Waals surface area contributed by atoms with E-state index in [2.05, 4.69) is 5.16 Å². The van der Waals surface area contributed by atoms with E-state index >= 15 is 0 Å². The van der Waals surface area contributed by atoms with Crippen LogP contribution in [0.15, 0.2) is 34.9 Å². The second-order valence-electron chi connectivity index (χ2n) is 4.59. The van der Waals surface area contributed by atoms with Gasteiger partial charge in [-0.3, -0.25) is 4.79 Å². The van der Waals surface area contributed by atoms with E-state index in [0.717, 1.165) is 5.56 Å². The van der Waals surface area contributed by atoms with Gasteiger partial charge in [-0.25, -0.2) is 0 Å². The topological polar surface area (TPSA) is 72.4 Å². The van der Waals surface area contributed by atoms with Crippen molar-refractivity contribution in [3.63, 3.8) is 0 Å². The molecule has 0 radical (unpaired) electrons. The van der Waals surface area contributed by atoms with Gasteiger partial charge < -0.3 is 15.2 Å². The standard InChI is InChI=1S/C14H17N3O2/c1-9-7-13(19-16-9)14(18)17(3)10(2)11-5-4-6-12(15)8-11/h4-8,10H,15H2,1-3H3. The summed E-state index contributed by atoms with van der Waals surface area (Å²) in [7, 11) is 1.73. The Bertz CT molecular complexity index is 592. The molecule has 0 spiro atoms. The van der Waals surface area contributed by atoms with Crippen LogP contribution >= 0.6 is 0 Å². The number of benzene rings is 1. The Morgan fingerprint density at radius 2 is 2.16 bits per heavy atom. The van der Waals surface area contributed by atoms with Crippen molar-refractivity contribution in [2.75, 3.05) is 12.8 Å². The number of carbonyl (C=O) groups is 1. The Kier molecular flexibility index (Phi) is 3.55. The Morgan fingerprint density at radius 1 is 1.42 bits per heavy atom. The van der Waals surface area contributed by atoms with Crippen LogP contribution in [0.2, 0.25) is 0 Å². The van der Waals surface area contributed by atoms with E-state index < -0.39 is 0 Å². The number of hydrogen-bond acceptors (Lipinski definition) is 4. The third-order valence-corrected chi connectivity index (χ3v) is 3.13. The number of nitrogens with zero attached hydrogens (tertiary/aromatic N) is 2. The van der Waals surface area contributed by atoms with Crippen molar-refractivity contribution in [1.29, 1.82) is 0 Å². The maximum atomic E-state index is 12.2. The number of hydrogen-bond donors (Lipinski definition) is 1. The summed E-state index contributed by atoms with van der Waals surface area (Å²) in [6.45, 7) is 3.72. The summed E-state index contributed by atoms with van der Waals surface area (Å²) >= 11 is 0. The zero-order valence-electron chi connectivity index (χ0n) is 11.3. The second kappa shape index (κ2) is 5.14. The normalized spacial score (nSPS) is 12.2. The molecule has 1 aromatic carbocycles. The highest BCUT2D eigenvalue weighted by Crippen LogP contribution is 2.22. The highest BCUT2D eigenvalue weighted by atomic mass is 16.5. The van der Waals surface area contributed by atoms with Gasteiger partial charge in [0, 0.05) is 18.8 Å². The second-order valence-corrected chi connectivity index (χ2v) is 4.59. The fourth-order valence-corrected chi connectivity index (χ4v) is 1.86. The van der Waals surface area contributed by atoms with Crippen molar-refractivity contribution in [3.05, 3.63) is 47.3 Å². The molecule has 2 N–H and O–H groups in total. The number of aromatic nitrogens is 1. The first-order valence-corrected chi connectivity index (χ1v) is 6.05. The van der Waals surface area contributed by atoms with Crippen LogP contribution in [0, 0.1) is 6.92 Å². The molecule has 1 atom stereocenters. The van der Waals surface area contributed by atoms with Gasteiger partial charge in [0.05, 0.1) is 11.7 Å². The van der Waals surface area contributed by atoms with Gasteiger partial charge in [-0.1, -0.05) is 17.3 Å². The summed E-state index contributed by atoms with van der Waals surface area (Å²) < 4.78 is 4.99. The lowest BCUT2D eigenvalue weighted by molar-refractivity contribution is 0.0700. The largest absolute Gasteiger partial charge is 0.399 e. The van der Waals surface area contributed by atoms with Crippen molar-refractivity contribution in [3.8, 4) is 0 Å². The zero-order chi connectivity index (χ0) is 14.0. The van der Waals surface area contributed by atoms with Gasteiger partial charge in [0.2, 0.25) is 5.76 Å². The number of rotatable bonds is 3. The number of carbonyl (C=O) groups excluding carboxylic acids is 1. The Labute approximate surface area is 112 Å². The van der Waals surface area contributed by atoms with Crippen LogP contribution in [0.1, 0.15) is 34.8 Å². The van der Waals surface area contributed by atoms with Gasteiger partial charge in [0.1, 0.15) is 0 Å². The third-order valence-electron chi connectivity index (χ3n) is 3.13. The van der Waals surface area contributed by atoms with Crippen molar-refractivity contribution in [2.45, 2.75) is 19.9 Å². The molecular formula is C14H17N3O2. The third kappa shape index (κ3) is 2.76. The molecule has 1 heterocycles. The number of anilines is 1. The van der Waals surface area contributed by atoms with Gasteiger partial charge in [0.15, 0.2) is 0 Å². The number of amides is 1. The predicted molar refractivity (Wildman–Crippen MR) is 72.6 cm³/mol. The van der Waals surface area contributed by atoms with E-state index in [1.165, 1.54) is 0 Å². The summed E-state index contributed by atoms with van der Waals surface area (Å²) in [4.78, 5) is 13.8. The van der Waals surface area contributed by atoms with Crippen LogP contribution in [0.25, 0.3) is 0 Å². The summed E-state index contributed by atoms with van der Waals surface area (Å²) in [5.74, 6) is 0.0475. The lowest BCUT2D eigenvalue weighted by Gasteiger charge is -2.24. The molecule has 100 valence electrons. The molecule has 1 amide bonds. The quantitative estimate of drug-likeness (QED) is 0.859. The molecule has 0 saturated carbocycles. The van der Waals surface area contributed by atoms with Gasteiger partial charge in [-0.15, -0.1) is 0 Å². The number of nitrogens with two attached hydrogens (primary N) is 1. The van der Waals surface area contributed by atoms with E-state index in [1.54, 1.807) is 24.9 Å². The van der Waals surface area contributed by atoms with Crippen molar-refractivity contribution in [1.82, 2.24) is 10.1 Å². The zero-order valence-corrected chi connectivity index (χ0v) is 11.3. The summed E-state index contributed by atoms with van der Waals surface area (Å²) in [6, 6.07) is 9.03. The Balaban J connectivity index is 2.19. The first-order valence-electron chi connectivity index (χ1n) is 6.05. The van der Waals surface area contributed by atoms with E-state index in [4.69, 9.17) is 10.3 Å². The SMILES string of the molecule is Cc1cc(C(=O)N(C)C(C)c2cccc(N)c2)on1. The van der Waals surface area contributed by atoms with E-state index in [1.807, 2.05) is 31.2 Å². The maximum absolute atomic E-state index is 12.2. The number of nitrogen functional groups attached to an aromatic ring is 1. The average molecular weight is 259 g/mol. The Hall–Kier alpha value is -2.30. The lowest BCUT2D eigenvalue weighted by atomic mass is 10.1. The molecule has 19 heavy (non-hydrogen) atoms. The fourth-order valence-electron chi connectivity index (χ4n) is 1.86. The molecule has 2 rings (SSSR count). The van der Waals surface area contributed by atoms with Crippen LogP contribution in [0.4, 0.5) is 5.69 Å². The van der Waals surface area contributed by atoms with Crippen LogP contribution in [-0.2, 0) is 0 Å². The monoisotopic (exact) mass is 259 g/mol.